The molecule has 0 radical (unpaired) electrons. The van der Waals surface area contributed by atoms with Gasteiger partial charge in [0.2, 0.25) is 0 Å². The van der Waals surface area contributed by atoms with Crippen molar-refractivity contribution in [2.75, 3.05) is 6.54 Å². The van der Waals surface area contributed by atoms with Crippen LogP contribution in [0.3, 0.4) is 0 Å². The van der Waals surface area contributed by atoms with Crippen LogP contribution in [0, 0.1) is 6.92 Å². The standard InChI is InChI=1S/C13H16N4/c1-10-4-5-11(7-16-10)17-9-14-8-13(17)12-3-2-6-15-12/h4-5,7-9,12,15H,2-3,6H2,1H3. The third-order valence-corrected chi connectivity index (χ3v) is 3.26. The molecule has 4 heteroatoms. The molecule has 0 saturated carbocycles. The second-order valence-electron chi connectivity index (χ2n) is 4.50. The summed E-state index contributed by atoms with van der Waals surface area (Å²) in [4.78, 5) is 8.59. The van der Waals surface area contributed by atoms with Gasteiger partial charge in [0, 0.05) is 11.7 Å². The Hall–Kier alpha value is -1.68. The minimum atomic E-state index is 0.429. The first kappa shape index (κ1) is 10.5. The first-order chi connectivity index (χ1) is 8.34. The number of hydrogen-bond donors (Lipinski definition) is 1. The second kappa shape index (κ2) is 4.30. The van der Waals surface area contributed by atoms with E-state index in [9.17, 15) is 0 Å². The lowest BCUT2D eigenvalue weighted by molar-refractivity contribution is 0.615. The molecule has 0 amide bonds. The fourth-order valence-electron chi connectivity index (χ4n) is 2.32. The Bertz CT molecular complexity index is 494. The highest BCUT2D eigenvalue weighted by molar-refractivity contribution is 5.32. The van der Waals surface area contributed by atoms with Crippen molar-refractivity contribution < 1.29 is 0 Å². The van der Waals surface area contributed by atoms with Crippen LogP contribution in [0.15, 0.2) is 30.9 Å². The number of rotatable bonds is 2. The van der Waals surface area contributed by atoms with Crippen molar-refractivity contribution in [3.8, 4) is 5.69 Å². The molecule has 4 nitrogen and oxygen atoms in total. The van der Waals surface area contributed by atoms with Gasteiger partial charge in [0.1, 0.15) is 0 Å². The summed E-state index contributed by atoms with van der Waals surface area (Å²) < 4.78 is 2.12. The maximum absolute atomic E-state index is 4.33. The van der Waals surface area contributed by atoms with Gasteiger partial charge in [-0.25, -0.2) is 4.98 Å². The summed E-state index contributed by atoms with van der Waals surface area (Å²) in [6.45, 7) is 3.10. The fourth-order valence-corrected chi connectivity index (χ4v) is 2.32. The molecule has 0 aromatic carbocycles. The Labute approximate surface area is 101 Å². The largest absolute Gasteiger partial charge is 0.309 e. The van der Waals surface area contributed by atoms with Crippen molar-refractivity contribution in [2.45, 2.75) is 25.8 Å². The van der Waals surface area contributed by atoms with Crippen LogP contribution in [0.5, 0.6) is 0 Å². The van der Waals surface area contributed by atoms with Crippen molar-refractivity contribution in [3.63, 3.8) is 0 Å². The number of aryl methyl sites for hydroxylation is 1. The van der Waals surface area contributed by atoms with Gasteiger partial charge in [-0.05, 0) is 38.4 Å². The SMILES string of the molecule is Cc1ccc(-n2cncc2C2CCCN2)cn1. The lowest BCUT2D eigenvalue weighted by Crippen LogP contribution is -2.16. The molecule has 0 bridgehead atoms. The number of nitrogens with zero attached hydrogens (tertiary/aromatic N) is 3. The van der Waals surface area contributed by atoms with Gasteiger partial charge in [0.05, 0.1) is 30.1 Å². The Morgan fingerprint density at radius 1 is 1.35 bits per heavy atom. The van der Waals surface area contributed by atoms with E-state index in [0.717, 1.165) is 17.9 Å². The van der Waals surface area contributed by atoms with Gasteiger partial charge in [-0.1, -0.05) is 0 Å². The molecule has 0 spiro atoms. The molecule has 1 N–H and O–H groups in total. The maximum Gasteiger partial charge on any atom is 0.0995 e. The highest BCUT2D eigenvalue weighted by Gasteiger charge is 2.20. The van der Waals surface area contributed by atoms with Crippen LogP contribution in [0.4, 0.5) is 0 Å². The number of hydrogen-bond acceptors (Lipinski definition) is 3. The first-order valence-electron chi connectivity index (χ1n) is 6.03. The van der Waals surface area contributed by atoms with Crippen LogP contribution in [-0.4, -0.2) is 21.1 Å². The van der Waals surface area contributed by atoms with Crippen LogP contribution in [0.2, 0.25) is 0 Å². The van der Waals surface area contributed by atoms with E-state index < -0.39 is 0 Å². The zero-order chi connectivity index (χ0) is 11.7. The molecule has 2 aromatic heterocycles. The molecule has 1 aliphatic heterocycles. The number of nitrogens with one attached hydrogen (secondary N) is 1. The third-order valence-electron chi connectivity index (χ3n) is 3.26. The number of pyridine rings is 1. The molecule has 1 fully saturated rings. The molecule has 1 aliphatic rings. The topological polar surface area (TPSA) is 42.7 Å². The summed E-state index contributed by atoms with van der Waals surface area (Å²) in [5.74, 6) is 0. The smallest absolute Gasteiger partial charge is 0.0995 e. The van der Waals surface area contributed by atoms with Crippen LogP contribution < -0.4 is 5.32 Å². The van der Waals surface area contributed by atoms with Crippen molar-refractivity contribution in [2.24, 2.45) is 0 Å². The van der Waals surface area contributed by atoms with Crippen molar-refractivity contribution >= 4 is 0 Å². The van der Waals surface area contributed by atoms with Crippen LogP contribution in [-0.2, 0) is 0 Å². The second-order valence-corrected chi connectivity index (χ2v) is 4.50. The minimum Gasteiger partial charge on any atom is -0.309 e. The number of imidazole rings is 1. The minimum absolute atomic E-state index is 0.429. The lowest BCUT2D eigenvalue weighted by atomic mass is 10.1. The van der Waals surface area contributed by atoms with Gasteiger partial charge >= 0.3 is 0 Å². The Morgan fingerprint density at radius 3 is 3.00 bits per heavy atom. The van der Waals surface area contributed by atoms with E-state index in [1.165, 1.54) is 18.5 Å². The van der Waals surface area contributed by atoms with Crippen LogP contribution in [0.25, 0.3) is 5.69 Å². The molecule has 17 heavy (non-hydrogen) atoms. The van der Waals surface area contributed by atoms with E-state index >= 15 is 0 Å². The van der Waals surface area contributed by atoms with Crippen molar-refractivity contribution in [3.05, 3.63) is 42.2 Å². The van der Waals surface area contributed by atoms with Crippen molar-refractivity contribution in [1.29, 1.82) is 0 Å². The predicted molar refractivity (Wildman–Crippen MR) is 66.1 cm³/mol. The molecular weight excluding hydrogens is 212 g/mol. The van der Waals surface area contributed by atoms with Crippen molar-refractivity contribution in [1.82, 2.24) is 19.9 Å². The summed E-state index contributed by atoms with van der Waals surface area (Å²) in [6, 6.07) is 4.54. The lowest BCUT2D eigenvalue weighted by Gasteiger charge is -2.13. The number of aromatic nitrogens is 3. The molecule has 3 rings (SSSR count). The van der Waals surface area contributed by atoms with E-state index in [4.69, 9.17) is 0 Å². The Balaban J connectivity index is 1.97. The fraction of sp³-hybridized carbons (Fsp3) is 0.385. The quantitative estimate of drug-likeness (QED) is 0.855. The molecule has 3 heterocycles. The Kier molecular flexibility index (Phi) is 2.65. The zero-order valence-corrected chi connectivity index (χ0v) is 9.93. The van der Waals surface area contributed by atoms with Gasteiger partial charge in [0.25, 0.3) is 0 Å². The molecule has 0 aliphatic carbocycles. The summed E-state index contributed by atoms with van der Waals surface area (Å²) in [5.41, 5.74) is 3.35. The van der Waals surface area contributed by atoms with Gasteiger partial charge < -0.3 is 9.88 Å². The molecule has 2 aromatic rings. The van der Waals surface area contributed by atoms with E-state index in [1.54, 1.807) is 0 Å². The molecule has 1 atom stereocenters. The summed E-state index contributed by atoms with van der Waals surface area (Å²) in [6.07, 6.45) is 8.13. The average Bonchev–Trinajstić information content (AvgIpc) is 3.00. The first-order valence-corrected chi connectivity index (χ1v) is 6.03. The van der Waals surface area contributed by atoms with Gasteiger partial charge in [-0.3, -0.25) is 4.98 Å². The van der Waals surface area contributed by atoms with E-state index in [0.29, 0.717) is 6.04 Å². The highest BCUT2D eigenvalue weighted by Crippen LogP contribution is 2.24. The Morgan fingerprint density at radius 2 is 2.29 bits per heavy atom. The molecule has 88 valence electrons. The zero-order valence-electron chi connectivity index (χ0n) is 9.93. The van der Waals surface area contributed by atoms with Gasteiger partial charge in [-0.2, -0.15) is 0 Å². The maximum atomic E-state index is 4.33. The summed E-state index contributed by atoms with van der Waals surface area (Å²) in [5, 5.41) is 3.50. The third kappa shape index (κ3) is 1.96. The van der Waals surface area contributed by atoms with E-state index in [-0.39, 0.29) is 0 Å². The average molecular weight is 228 g/mol. The predicted octanol–water partition coefficient (Wildman–Crippen LogP) is 2.00. The van der Waals surface area contributed by atoms with E-state index in [1.807, 2.05) is 31.7 Å². The van der Waals surface area contributed by atoms with Gasteiger partial charge in [-0.15, -0.1) is 0 Å². The summed E-state index contributed by atoms with van der Waals surface area (Å²) >= 11 is 0. The van der Waals surface area contributed by atoms with Gasteiger partial charge in [0.15, 0.2) is 0 Å². The monoisotopic (exact) mass is 228 g/mol. The van der Waals surface area contributed by atoms with E-state index in [2.05, 4.69) is 25.9 Å². The van der Waals surface area contributed by atoms with Crippen LogP contribution >= 0.6 is 0 Å². The molecule has 1 saturated heterocycles. The highest BCUT2D eigenvalue weighted by atomic mass is 15.1. The van der Waals surface area contributed by atoms with Crippen LogP contribution in [0.1, 0.15) is 30.3 Å². The molecular formula is C13H16N4. The normalized spacial score (nSPS) is 19.7. The molecule has 1 unspecified atom stereocenters. The summed E-state index contributed by atoms with van der Waals surface area (Å²) in [7, 11) is 0.